The molecule has 0 fully saturated rings. The average molecular weight is 204 g/mol. The van der Waals surface area contributed by atoms with Crippen molar-refractivity contribution in [3.63, 3.8) is 0 Å². The fourth-order valence-corrected chi connectivity index (χ4v) is 1.13. The van der Waals surface area contributed by atoms with Crippen LogP contribution in [0.3, 0.4) is 0 Å². The number of ether oxygens (including phenoxy) is 1. The topological polar surface area (TPSA) is 47.3 Å². The maximum atomic E-state index is 5.81. The molecule has 0 aliphatic heterocycles. The first-order valence-corrected chi connectivity index (χ1v) is 4.85. The third kappa shape index (κ3) is 3.53. The van der Waals surface area contributed by atoms with E-state index in [2.05, 4.69) is 17.2 Å². The van der Waals surface area contributed by atoms with Crippen molar-refractivity contribution < 1.29 is 4.74 Å². The Balaban J connectivity index is 2.72. The quantitative estimate of drug-likeness (QED) is 0.442. The van der Waals surface area contributed by atoms with Crippen molar-refractivity contribution in [2.75, 3.05) is 26.4 Å². The molecule has 0 spiro atoms. The molecular weight excluding hydrogens is 188 g/mol. The lowest BCUT2D eigenvalue weighted by atomic mass is 10.1. The third-order valence-electron chi connectivity index (χ3n) is 1.98. The Bertz CT molecular complexity index is 377. The zero-order valence-electron chi connectivity index (χ0n) is 9.13. The van der Waals surface area contributed by atoms with Crippen LogP contribution in [0.2, 0.25) is 0 Å². The molecule has 0 heterocycles. The Morgan fingerprint density at radius 1 is 1.47 bits per heavy atom. The third-order valence-corrected chi connectivity index (χ3v) is 1.98. The second kappa shape index (κ2) is 5.94. The second-order valence-electron chi connectivity index (χ2n) is 3.11. The first-order valence-electron chi connectivity index (χ1n) is 4.85. The van der Waals surface area contributed by atoms with Gasteiger partial charge in [-0.2, -0.15) is 0 Å². The predicted octanol–water partition coefficient (Wildman–Crippen LogP) is 1.24. The molecule has 0 aliphatic rings. The molecule has 0 aromatic heterocycles. The van der Waals surface area contributed by atoms with Crippen molar-refractivity contribution >= 4 is 5.69 Å². The van der Waals surface area contributed by atoms with Crippen LogP contribution in [0, 0.1) is 11.8 Å². The predicted molar refractivity (Wildman–Crippen MR) is 62.8 cm³/mol. The van der Waals surface area contributed by atoms with Gasteiger partial charge in [0.25, 0.3) is 0 Å². The summed E-state index contributed by atoms with van der Waals surface area (Å²) in [5.74, 6) is 6.83. The van der Waals surface area contributed by atoms with Gasteiger partial charge in [0.2, 0.25) is 0 Å². The van der Waals surface area contributed by atoms with Crippen LogP contribution in [-0.4, -0.2) is 20.7 Å². The molecule has 1 aromatic rings. The summed E-state index contributed by atoms with van der Waals surface area (Å²) in [5, 5.41) is 3.03. The van der Waals surface area contributed by atoms with Gasteiger partial charge in [-0.3, -0.25) is 0 Å². The van der Waals surface area contributed by atoms with Crippen LogP contribution in [-0.2, 0) is 0 Å². The first kappa shape index (κ1) is 11.4. The fraction of sp³-hybridized carbons (Fsp3) is 0.333. The van der Waals surface area contributed by atoms with Crippen LogP contribution in [0.15, 0.2) is 18.2 Å². The average Bonchev–Trinajstić information content (AvgIpc) is 2.26. The molecule has 0 saturated heterocycles. The summed E-state index contributed by atoms with van der Waals surface area (Å²) in [6, 6.07) is 5.51. The largest absolute Gasteiger partial charge is 0.497 e. The molecule has 80 valence electrons. The van der Waals surface area contributed by atoms with Gasteiger partial charge in [0, 0.05) is 24.6 Å². The zero-order valence-corrected chi connectivity index (χ0v) is 9.13. The Morgan fingerprint density at radius 3 is 2.87 bits per heavy atom. The van der Waals surface area contributed by atoms with E-state index >= 15 is 0 Å². The lowest BCUT2D eigenvalue weighted by molar-refractivity contribution is 0.415. The zero-order chi connectivity index (χ0) is 11.1. The number of rotatable bonds is 3. The molecule has 0 bridgehead atoms. The van der Waals surface area contributed by atoms with Crippen molar-refractivity contribution in [2.45, 2.75) is 6.42 Å². The van der Waals surface area contributed by atoms with E-state index in [1.807, 2.05) is 19.2 Å². The van der Waals surface area contributed by atoms with Gasteiger partial charge in [0.1, 0.15) is 5.75 Å². The fourth-order valence-electron chi connectivity index (χ4n) is 1.13. The number of nitrogens with two attached hydrogens (primary N) is 1. The monoisotopic (exact) mass is 204 g/mol. The lowest BCUT2D eigenvalue weighted by Gasteiger charge is -2.02. The van der Waals surface area contributed by atoms with Crippen LogP contribution in [0.1, 0.15) is 12.0 Å². The van der Waals surface area contributed by atoms with Crippen LogP contribution in [0.25, 0.3) is 0 Å². The summed E-state index contributed by atoms with van der Waals surface area (Å²) in [6.07, 6.45) is 0.821. The maximum Gasteiger partial charge on any atom is 0.121 e. The van der Waals surface area contributed by atoms with Crippen molar-refractivity contribution in [1.29, 1.82) is 0 Å². The molecular formula is C12H16N2O. The summed E-state index contributed by atoms with van der Waals surface area (Å²) < 4.78 is 5.05. The number of benzene rings is 1. The van der Waals surface area contributed by atoms with E-state index in [-0.39, 0.29) is 0 Å². The Kier molecular flexibility index (Phi) is 4.52. The van der Waals surface area contributed by atoms with E-state index in [0.29, 0.717) is 5.69 Å². The molecule has 3 heteroatoms. The number of hydrogen-bond donors (Lipinski definition) is 2. The highest BCUT2D eigenvalue weighted by atomic mass is 16.5. The van der Waals surface area contributed by atoms with Crippen molar-refractivity contribution in [3.8, 4) is 17.6 Å². The minimum Gasteiger partial charge on any atom is -0.497 e. The number of anilines is 1. The highest BCUT2D eigenvalue weighted by Gasteiger charge is 1.97. The minimum absolute atomic E-state index is 0.659. The first-order chi connectivity index (χ1) is 7.27. The smallest absolute Gasteiger partial charge is 0.121 e. The molecule has 15 heavy (non-hydrogen) atoms. The van der Waals surface area contributed by atoms with Gasteiger partial charge in [-0.05, 0) is 19.2 Å². The van der Waals surface area contributed by atoms with Gasteiger partial charge < -0.3 is 15.8 Å². The summed E-state index contributed by atoms with van der Waals surface area (Å²) in [4.78, 5) is 0. The van der Waals surface area contributed by atoms with E-state index in [1.165, 1.54) is 0 Å². The molecule has 0 atom stereocenters. The molecule has 0 amide bonds. The molecule has 3 N–H and O–H groups in total. The highest BCUT2D eigenvalue weighted by Crippen LogP contribution is 2.18. The lowest BCUT2D eigenvalue weighted by Crippen LogP contribution is -2.05. The summed E-state index contributed by atoms with van der Waals surface area (Å²) in [6.45, 7) is 0.892. The van der Waals surface area contributed by atoms with Crippen molar-refractivity contribution in [3.05, 3.63) is 23.8 Å². The van der Waals surface area contributed by atoms with Gasteiger partial charge in [-0.25, -0.2) is 0 Å². The highest BCUT2D eigenvalue weighted by molar-refractivity contribution is 5.58. The molecule has 1 aromatic carbocycles. The molecule has 0 saturated carbocycles. The Morgan fingerprint density at radius 2 is 2.27 bits per heavy atom. The van der Waals surface area contributed by atoms with Crippen LogP contribution >= 0.6 is 0 Å². The van der Waals surface area contributed by atoms with Gasteiger partial charge in [-0.15, -0.1) is 0 Å². The molecule has 1 rings (SSSR count). The minimum atomic E-state index is 0.659. The normalized spacial score (nSPS) is 9.20. The summed E-state index contributed by atoms with van der Waals surface area (Å²) in [7, 11) is 3.52. The van der Waals surface area contributed by atoms with Crippen LogP contribution < -0.4 is 15.8 Å². The standard InChI is InChI=1S/C12H16N2O/c1-14-8-4-3-5-10-6-7-11(15-2)9-12(10)13/h6-7,9,14H,4,8,13H2,1-2H3. The van der Waals surface area contributed by atoms with Crippen molar-refractivity contribution in [2.24, 2.45) is 0 Å². The van der Waals surface area contributed by atoms with E-state index in [0.717, 1.165) is 24.3 Å². The number of nitrogens with one attached hydrogen (secondary N) is 1. The summed E-state index contributed by atoms with van der Waals surface area (Å²) >= 11 is 0. The van der Waals surface area contributed by atoms with Crippen LogP contribution in [0.4, 0.5) is 5.69 Å². The maximum absolute atomic E-state index is 5.81. The Labute approximate surface area is 90.6 Å². The SMILES string of the molecule is CNCCC#Cc1ccc(OC)cc1N. The van der Waals surface area contributed by atoms with E-state index in [4.69, 9.17) is 10.5 Å². The number of methoxy groups -OCH3 is 1. The summed E-state index contributed by atoms with van der Waals surface area (Å²) in [5.41, 5.74) is 7.33. The van der Waals surface area contributed by atoms with Crippen LogP contribution in [0.5, 0.6) is 5.75 Å². The molecule has 0 aliphatic carbocycles. The van der Waals surface area contributed by atoms with E-state index in [9.17, 15) is 0 Å². The molecule has 0 unspecified atom stereocenters. The van der Waals surface area contributed by atoms with Gasteiger partial charge in [-0.1, -0.05) is 11.8 Å². The van der Waals surface area contributed by atoms with Gasteiger partial charge >= 0.3 is 0 Å². The second-order valence-corrected chi connectivity index (χ2v) is 3.11. The number of hydrogen-bond acceptors (Lipinski definition) is 3. The van der Waals surface area contributed by atoms with E-state index < -0.39 is 0 Å². The molecule has 3 nitrogen and oxygen atoms in total. The molecule has 0 radical (unpaired) electrons. The number of nitrogen functional groups attached to an aromatic ring is 1. The van der Waals surface area contributed by atoms with Gasteiger partial charge in [0.15, 0.2) is 0 Å². The van der Waals surface area contributed by atoms with Crippen molar-refractivity contribution in [1.82, 2.24) is 5.32 Å². The van der Waals surface area contributed by atoms with Gasteiger partial charge in [0.05, 0.1) is 12.8 Å². The van der Waals surface area contributed by atoms with E-state index in [1.54, 1.807) is 13.2 Å². The Hall–Kier alpha value is -1.66.